The molecule has 0 saturated heterocycles. The van der Waals surface area contributed by atoms with E-state index >= 15 is 0 Å². The zero-order chi connectivity index (χ0) is 14.0. The fourth-order valence-corrected chi connectivity index (χ4v) is 1.87. The summed E-state index contributed by atoms with van der Waals surface area (Å²) >= 11 is 0. The smallest absolute Gasteiger partial charge is 0.254 e. The summed E-state index contributed by atoms with van der Waals surface area (Å²) in [6.45, 7) is 0. The molecule has 0 bridgehead atoms. The highest BCUT2D eigenvalue weighted by atomic mass is 32.2. The van der Waals surface area contributed by atoms with E-state index in [9.17, 15) is 17.2 Å². The molecule has 0 unspecified atom stereocenters. The molecule has 0 spiro atoms. The standard InChI is InChI=1S/C12H8F2NO3S/c13-8-1-3-9(4-2-8)18-12-6-5-10(7-11(12)14)19(15,16)17/h1-7,15H. The van der Waals surface area contributed by atoms with Crippen molar-refractivity contribution in [1.29, 1.82) is 0 Å². The predicted octanol–water partition coefficient (Wildman–Crippen LogP) is 2.73. The Morgan fingerprint density at radius 3 is 2.16 bits per heavy atom. The summed E-state index contributed by atoms with van der Waals surface area (Å²) < 4.78 is 53.2. The van der Waals surface area contributed by atoms with Gasteiger partial charge in [-0.1, -0.05) is 0 Å². The first-order chi connectivity index (χ1) is 8.86. The highest BCUT2D eigenvalue weighted by Crippen LogP contribution is 2.26. The van der Waals surface area contributed by atoms with E-state index in [-0.39, 0.29) is 11.5 Å². The molecule has 2 rings (SSSR count). The molecule has 0 amide bonds. The SMILES string of the molecule is [NH]S(=O)(=O)c1ccc(Oc2ccc(F)cc2)c(F)c1. The quantitative estimate of drug-likeness (QED) is 0.870. The number of rotatable bonds is 3. The van der Waals surface area contributed by atoms with Crippen LogP contribution in [0.4, 0.5) is 8.78 Å². The van der Waals surface area contributed by atoms with E-state index in [0.717, 1.165) is 24.3 Å². The summed E-state index contributed by atoms with van der Waals surface area (Å²) in [6, 6.07) is 7.77. The van der Waals surface area contributed by atoms with Gasteiger partial charge in [-0.25, -0.2) is 17.2 Å². The molecule has 0 atom stereocenters. The first-order valence-electron chi connectivity index (χ1n) is 5.09. The first kappa shape index (κ1) is 13.4. The Hall–Kier alpha value is -1.99. The van der Waals surface area contributed by atoms with Crippen molar-refractivity contribution in [3.05, 3.63) is 54.1 Å². The number of ether oxygens (including phenoxy) is 1. The van der Waals surface area contributed by atoms with Crippen LogP contribution in [0, 0.1) is 11.6 Å². The average Bonchev–Trinajstić information content (AvgIpc) is 2.33. The zero-order valence-corrected chi connectivity index (χ0v) is 10.2. The number of hydrogen-bond acceptors (Lipinski definition) is 3. The Kier molecular flexibility index (Phi) is 3.50. The monoisotopic (exact) mass is 284 g/mol. The third-order valence-corrected chi connectivity index (χ3v) is 3.13. The molecular weight excluding hydrogens is 276 g/mol. The van der Waals surface area contributed by atoms with Gasteiger partial charge in [0.05, 0.1) is 4.90 Å². The molecular formula is C12H8F2NO3S. The van der Waals surface area contributed by atoms with Gasteiger partial charge in [-0.3, -0.25) is 0 Å². The summed E-state index contributed by atoms with van der Waals surface area (Å²) in [5, 5.41) is 6.81. The van der Waals surface area contributed by atoms with Crippen molar-refractivity contribution >= 4 is 10.0 Å². The van der Waals surface area contributed by atoms with E-state index in [1.807, 2.05) is 0 Å². The van der Waals surface area contributed by atoms with Gasteiger partial charge < -0.3 is 4.74 Å². The summed E-state index contributed by atoms with van der Waals surface area (Å²) in [5.41, 5.74) is 0. The molecule has 7 heteroatoms. The van der Waals surface area contributed by atoms with Crippen molar-refractivity contribution in [1.82, 2.24) is 5.14 Å². The highest BCUT2D eigenvalue weighted by Gasteiger charge is 2.13. The van der Waals surface area contributed by atoms with Crippen LogP contribution in [0.3, 0.4) is 0 Å². The molecule has 99 valence electrons. The number of benzene rings is 2. The summed E-state index contributed by atoms with van der Waals surface area (Å²) in [6.07, 6.45) is 0. The Bertz CT molecular complexity index is 699. The summed E-state index contributed by atoms with van der Waals surface area (Å²) in [7, 11) is -4.22. The third kappa shape index (κ3) is 3.27. The number of hydrogen-bond donors (Lipinski definition) is 0. The maximum absolute atomic E-state index is 13.6. The highest BCUT2D eigenvalue weighted by molar-refractivity contribution is 7.88. The first-order valence-corrected chi connectivity index (χ1v) is 6.57. The lowest BCUT2D eigenvalue weighted by Gasteiger charge is -2.07. The molecule has 0 aliphatic heterocycles. The normalized spacial score (nSPS) is 11.3. The van der Waals surface area contributed by atoms with Crippen LogP contribution in [-0.4, -0.2) is 8.42 Å². The number of halogens is 2. The maximum atomic E-state index is 13.6. The second-order valence-corrected chi connectivity index (χ2v) is 5.13. The molecule has 0 aliphatic rings. The second kappa shape index (κ2) is 4.94. The molecule has 0 aromatic heterocycles. The molecule has 2 aromatic carbocycles. The van der Waals surface area contributed by atoms with E-state index in [2.05, 4.69) is 0 Å². The van der Waals surface area contributed by atoms with Gasteiger partial charge in [0.25, 0.3) is 10.0 Å². The van der Waals surface area contributed by atoms with Gasteiger partial charge in [0.15, 0.2) is 11.6 Å². The van der Waals surface area contributed by atoms with Crippen molar-refractivity contribution in [2.24, 2.45) is 0 Å². The maximum Gasteiger partial charge on any atom is 0.254 e. The largest absolute Gasteiger partial charge is 0.454 e. The van der Waals surface area contributed by atoms with E-state index in [1.165, 1.54) is 12.1 Å². The van der Waals surface area contributed by atoms with Crippen LogP contribution in [0.1, 0.15) is 0 Å². The molecule has 0 fully saturated rings. The minimum atomic E-state index is -4.22. The Balaban J connectivity index is 2.29. The molecule has 2 aromatic rings. The van der Waals surface area contributed by atoms with Gasteiger partial charge in [0.1, 0.15) is 11.6 Å². The Morgan fingerprint density at radius 1 is 1.00 bits per heavy atom. The van der Waals surface area contributed by atoms with E-state index in [0.29, 0.717) is 6.07 Å². The van der Waals surface area contributed by atoms with Gasteiger partial charge in [-0.15, -0.1) is 5.14 Å². The van der Waals surface area contributed by atoms with Gasteiger partial charge in [0.2, 0.25) is 0 Å². The minimum Gasteiger partial charge on any atom is -0.454 e. The molecule has 0 heterocycles. The van der Waals surface area contributed by atoms with Crippen LogP contribution in [-0.2, 0) is 10.0 Å². The minimum absolute atomic E-state index is 0.209. The van der Waals surface area contributed by atoms with Crippen LogP contribution < -0.4 is 9.88 Å². The predicted molar refractivity (Wildman–Crippen MR) is 63.2 cm³/mol. The van der Waals surface area contributed by atoms with Gasteiger partial charge >= 0.3 is 0 Å². The van der Waals surface area contributed by atoms with Crippen LogP contribution in [0.2, 0.25) is 0 Å². The van der Waals surface area contributed by atoms with E-state index in [1.54, 1.807) is 0 Å². The van der Waals surface area contributed by atoms with Gasteiger partial charge in [-0.2, -0.15) is 0 Å². The van der Waals surface area contributed by atoms with Gasteiger partial charge in [0, 0.05) is 0 Å². The number of sulfonamides is 1. The molecule has 0 saturated carbocycles. The number of nitrogens with one attached hydrogen (secondary N) is 1. The average molecular weight is 284 g/mol. The molecule has 19 heavy (non-hydrogen) atoms. The van der Waals surface area contributed by atoms with E-state index in [4.69, 9.17) is 9.88 Å². The second-order valence-electron chi connectivity index (χ2n) is 3.65. The lowest BCUT2D eigenvalue weighted by Crippen LogP contribution is -2.01. The van der Waals surface area contributed by atoms with Crippen molar-refractivity contribution in [2.45, 2.75) is 4.90 Å². The zero-order valence-electron chi connectivity index (χ0n) is 9.43. The van der Waals surface area contributed by atoms with Crippen molar-refractivity contribution < 1.29 is 21.9 Å². The lowest BCUT2D eigenvalue weighted by molar-refractivity contribution is 0.439. The third-order valence-electron chi connectivity index (χ3n) is 2.26. The van der Waals surface area contributed by atoms with Crippen molar-refractivity contribution in [3.8, 4) is 11.5 Å². The fraction of sp³-hybridized carbons (Fsp3) is 0. The van der Waals surface area contributed by atoms with Crippen LogP contribution >= 0.6 is 0 Å². The molecule has 4 nitrogen and oxygen atoms in total. The Morgan fingerprint density at radius 2 is 1.63 bits per heavy atom. The summed E-state index contributed by atoms with van der Waals surface area (Å²) in [5.74, 6) is -1.37. The van der Waals surface area contributed by atoms with Crippen LogP contribution in [0.25, 0.3) is 0 Å². The Labute approximate surface area is 108 Å². The van der Waals surface area contributed by atoms with E-state index < -0.39 is 26.6 Å². The molecule has 0 aliphatic carbocycles. The molecule has 1 N–H and O–H groups in total. The fourth-order valence-electron chi connectivity index (χ4n) is 1.36. The molecule has 1 radical (unpaired) electrons. The topological polar surface area (TPSA) is 67.2 Å². The van der Waals surface area contributed by atoms with Gasteiger partial charge in [-0.05, 0) is 42.5 Å². The van der Waals surface area contributed by atoms with Crippen molar-refractivity contribution in [2.75, 3.05) is 0 Å². The summed E-state index contributed by atoms with van der Waals surface area (Å²) in [4.78, 5) is -0.462. The lowest BCUT2D eigenvalue weighted by atomic mass is 10.3. The van der Waals surface area contributed by atoms with Crippen molar-refractivity contribution in [3.63, 3.8) is 0 Å². The van der Waals surface area contributed by atoms with Crippen LogP contribution in [0.5, 0.6) is 11.5 Å². The van der Waals surface area contributed by atoms with Crippen LogP contribution in [0.15, 0.2) is 47.4 Å².